The van der Waals surface area contributed by atoms with E-state index in [0.29, 0.717) is 18.0 Å². The number of hydrogen-bond acceptors (Lipinski definition) is 3. The molecule has 4 nitrogen and oxygen atoms in total. The van der Waals surface area contributed by atoms with Crippen molar-refractivity contribution in [1.82, 2.24) is 4.31 Å². The molecule has 0 bridgehead atoms. The number of carbonyl (C=O) groups excluding carboxylic acids is 1. The van der Waals surface area contributed by atoms with Gasteiger partial charge in [-0.2, -0.15) is 4.31 Å². The molecule has 104 valence electrons. The lowest BCUT2D eigenvalue weighted by Crippen LogP contribution is -2.40. The SMILES string of the molecule is Cc1ccc(S(=O)(=O)N2CCCC(C=O)C2)c(C)c1. The lowest BCUT2D eigenvalue weighted by atomic mass is 10.0. The van der Waals surface area contributed by atoms with Crippen molar-refractivity contribution in [2.24, 2.45) is 5.92 Å². The van der Waals surface area contributed by atoms with E-state index in [1.165, 1.54) is 4.31 Å². The smallest absolute Gasteiger partial charge is 0.243 e. The van der Waals surface area contributed by atoms with E-state index in [9.17, 15) is 13.2 Å². The number of aldehydes is 1. The summed E-state index contributed by atoms with van der Waals surface area (Å²) in [6.45, 7) is 4.55. The summed E-state index contributed by atoms with van der Waals surface area (Å²) < 4.78 is 26.6. The van der Waals surface area contributed by atoms with Crippen molar-refractivity contribution in [2.75, 3.05) is 13.1 Å². The second-order valence-corrected chi connectivity index (χ2v) is 7.08. The van der Waals surface area contributed by atoms with Crippen LogP contribution in [0.4, 0.5) is 0 Å². The van der Waals surface area contributed by atoms with Gasteiger partial charge in [-0.1, -0.05) is 17.7 Å². The number of benzene rings is 1. The van der Waals surface area contributed by atoms with Crippen molar-refractivity contribution in [1.29, 1.82) is 0 Å². The number of carbonyl (C=O) groups is 1. The molecule has 0 radical (unpaired) electrons. The summed E-state index contributed by atoms with van der Waals surface area (Å²) in [7, 11) is -3.48. The molecule has 5 heteroatoms. The molecule has 2 rings (SSSR count). The molecular weight excluding hydrogens is 262 g/mol. The molecule has 19 heavy (non-hydrogen) atoms. The number of sulfonamides is 1. The van der Waals surface area contributed by atoms with Crippen LogP contribution >= 0.6 is 0 Å². The van der Waals surface area contributed by atoms with Crippen LogP contribution in [0.5, 0.6) is 0 Å². The highest BCUT2D eigenvalue weighted by Crippen LogP contribution is 2.25. The van der Waals surface area contributed by atoms with Gasteiger partial charge in [-0.25, -0.2) is 8.42 Å². The molecule has 0 aliphatic carbocycles. The second-order valence-electron chi connectivity index (χ2n) is 5.17. The number of aryl methyl sites for hydroxylation is 2. The van der Waals surface area contributed by atoms with Crippen LogP contribution in [-0.4, -0.2) is 32.1 Å². The highest BCUT2D eigenvalue weighted by atomic mass is 32.2. The van der Waals surface area contributed by atoms with E-state index >= 15 is 0 Å². The van der Waals surface area contributed by atoms with Gasteiger partial charge in [0.2, 0.25) is 10.0 Å². The van der Waals surface area contributed by atoms with Crippen molar-refractivity contribution in [3.8, 4) is 0 Å². The Morgan fingerprint density at radius 3 is 2.68 bits per heavy atom. The highest BCUT2D eigenvalue weighted by Gasteiger charge is 2.30. The largest absolute Gasteiger partial charge is 0.303 e. The molecule has 1 heterocycles. The summed E-state index contributed by atoms with van der Waals surface area (Å²) in [4.78, 5) is 11.2. The number of nitrogens with zero attached hydrogens (tertiary/aromatic N) is 1. The quantitative estimate of drug-likeness (QED) is 0.795. The van der Waals surface area contributed by atoms with Crippen LogP contribution in [0.2, 0.25) is 0 Å². The zero-order chi connectivity index (χ0) is 14.0. The van der Waals surface area contributed by atoms with E-state index in [1.807, 2.05) is 13.0 Å². The Hall–Kier alpha value is -1.20. The summed E-state index contributed by atoms with van der Waals surface area (Å²) in [6, 6.07) is 5.33. The minimum Gasteiger partial charge on any atom is -0.303 e. The Bertz CT molecular complexity index is 580. The molecular formula is C14H19NO3S. The third-order valence-corrected chi connectivity index (χ3v) is 5.59. The van der Waals surface area contributed by atoms with Crippen LogP contribution in [0.1, 0.15) is 24.0 Å². The first-order valence-corrected chi connectivity index (χ1v) is 7.92. The molecule has 1 aliphatic heterocycles. The summed E-state index contributed by atoms with van der Waals surface area (Å²) in [5.74, 6) is -0.172. The second kappa shape index (κ2) is 5.43. The van der Waals surface area contributed by atoms with E-state index < -0.39 is 10.0 Å². The fraction of sp³-hybridized carbons (Fsp3) is 0.500. The monoisotopic (exact) mass is 281 g/mol. The molecule has 0 amide bonds. The molecule has 1 aliphatic rings. The van der Waals surface area contributed by atoms with Crippen LogP contribution in [0.3, 0.4) is 0 Å². The molecule has 1 saturated heterocycles. The van der Waals surface area contributed by atoms with Crippen molar-refractivity contribution in [3.63, 3.8) is 0 Å². The minimum absolute atomic E-state index is 0.172. The molecule has 1 aromatic rings. The summed E-state index contributed by atoms with van der Waals surface area (Å²) in [5.41, 5.74) is 1.80. The molecule has 1 aromatic carbocycles. The van der Waals surface area contributed by atoms with E-state index in [0.717, 1.165) is 30.3 Å². The molecule has 0 aromatic heterocycles. The Balaban J connectivity index is 2.33. The van der Waals surface area contributed by atoms with Gasteiger partial charge in [0.25, 0.3) is 0 Å². The zero-order valence-corrected chi connectivity index (χ0v) is 12.1. The third-order valence-electron chi connectivity index (χ3n) is 3.56. The van der Waals surface area contributed by atoms with Gasteiger partial charge < -0.3 is 4.79 Å². The first-order chi connectivity index (χ1) is 8.95. The molecule has 0 N–H and O–H groups in total. The Kier molecular flexibility index (Phi) is 4.06. The van der Waals surface area contributed by atoms with Crippen LogP contribution in [0.15, 0.2) is 23.1 Å². The van der Waals surface area contributed by atoms with Crippen molar-refractivity contribution in [2.45, 2.75) is 31.6 Å². The Morgan fingerprint density at radius 1 is 1.32 bits per heavy atom. The topological polar surface area (TPSA) is 54.5 Å². The summed E-state index contributed by atoms with van der Waals surface area (Å²) in [6.07, 6.45) is 2.39. The van der Waals surface area contributed by atoms with Gasteiger partial charge in [-0.05, 0) is 38.3 Å². The van der Waals surface area contributed by atoms with Gasteiger partial charge in [-0.15, -0.1) is 0 Å². The van der Waals surface area contributed by atoms with Crippen molar-refractivity contribution in [3.05, 3.63) is 29.3 Å². The van der Waals surface area contributed by atoms with Crippen molar-refractivity contribution >= 4 is 16.3 Å². The number of piperidine rings is 1. The molecule has 0 spiro atoms. The van der Waals surface area contributed by atoms with Gasteiger partial charge >= 0.3 is 0 Å². The van der Waals surface area contributed by atoms with E-state index in [-0.39, 0.29) is 5.92 Å². The fourth-order valence-corrected chi connectivity index (χ4v) is 4.27. The maximum Gasteiger partial charge on any atom is 0.243 e. The maximum absolute atomic E-state index is 12.6. The van der Waals surface area contributed by atoms with E-state index in [2.05, 4.69) is 0 Å². The average Bonchev–Trinajstić information content (AvgIpc) is 2.38. The summed E-state index contributed by atoms with van der Waals surface area (Å²) >= 11 is 0. The lowest BCUT2D eigenvalue weighted by molar-refractivity contribution is -0.112. The minimum atomic E-state index is -3.48. The van der Waals surface area contributed by atoms with Gasteiger partial charge in [0.1, 0.15) is 6.29 Å². The number of hydrogen-bond donors (Lipinski definition) is 0. The van der Waals surface area contributed by atoms with Crippen LogP contribution in [0.25, 0.3) is 0 Å². The predicted molar refractivity (Wildman–Crippen MR) is 73.5 cm³/mol. The third kappa shape index (κ3) is 2.87. The van der Waals surface area contributed by atoms with Gasteiger partial charge in [0.05, 0.1) is 4.90 Å². The van der Waals surface area contributed by atoms with Gasteiger partial charge in [-0.3, -0.25) is 0 Å². The first kappa shape index (κ1) is 14.2. The average molecular weight is 281 g/mol. The van der Waals surface area contributed by atoms with Gasteiger partial charge in [0, 0.05) is 19.0 Å². The van der Waals surface area contributed by atoms with Crippen LogP contribution < -0.4 is 0 Å². The molecule has 1 unspecified atom stereocenters. The Morgan fingerprint density at radius 2 is 2.05 bits per heavy atom. The van der Waals surface area contributed by atoms with Crippen LogP contribution in [0, 0.1) is 19.8 Å². The standard InChI is InChI=1S/C14H19NO3S/c1-11-5-6-14(12(2)8-11)19(17,18)15-7-3-4-13(9-15)10-16/h5-6,8,10,13H,3-4,7,9H2,1-2H3. The van der Waals surface area contributed by atoms with Crippen molar-refractivity contribution < 1.29 is 13.2 Å². The first-order valence-electron chi connectivity index (χ1n) is 6.48. The maximum atomic E-state index is 12.6. The van der Waals surface area contributed by atoms with Gasteiger partial charge in [0.15, 0.2) is 0 Å². The molecule has 1 fully saturated rings. The molecule has 0 saturated carbocycles. The number of rotatable bonds is 3. The summed E-state index contributed by atoms with van der Waals surface area (Å²) in [5, 5.41) is 0. The molecule has 1 atom stereocenters. The lowest BCUT2D eigenvalue weighted by Gasteiger charge is -2.29. The normalized spacial score (nSPS) is 21.3. The van der Waals surface area contributed by atoms with E-state index in [4.69, 9.17) is 0 Å². The highest BCUT2D eigenvalue weighted by molar-refractivity contribution is 7.89. The fourth-order valence-electron chi connectivity index (χ4n) is 2.53. The Labute approximate surface area is 114 Å². The van der Waals surface area contributed by atoms with E-state index in [1.54, 1.807) is 19.1 Å². The predicted octanol–water partition coefficient (Wildman–Crippen LogP) is 1.90. The van der Waals surface area contributed by atoms with Crippen LogP contribution in [-0.2, 0) is 14.8 Å². The zero-order valence-electron chi connectivity index (χ0n) is 11.3.